The molecule has 2 aliphatic rings. The molecule has 0 saturated carbocycles. The Bertz CT molecular complexity index is 584. The number of piperazine rings is 1. The van der Waals surface area contributed by atoms with E-state index in [1.54, 1.807) is 6.07 Å². The molecule has 114 valence electrons. The molecule has 0 radical (unpaired) electrons. The Kier molecular flexibility index (Phi) is 4.10. The molecule has 5 heteroatoms. The molecule has 21 heavy (non-hydrogen) atoms. The standard InChI is InChI=1S/C16H24N4O/c1-12-11-15(21)17-18-16(12)13-3-5-14(6-4-13)20-9-7-19(2)8-10-20/h5,11,13H,3-4,6-10H2,1-2H3,(H,17,21). The number of aryl methyl sites for hydroxylation is 1. The summed E-state index contributed by atoms with van der Waals surface area (Å²) >= 11 is 0. The van der Waals surface area contributed by atoms with Crippen molar-refractivity contribution in [3.63, 3.8) is 0 Å². The molecule has 1 N–H and O–H groups in total. The summed E-state index contributed by atoms with van der Waals surface area (Å²) in [6.07, 6.45) is 5.65. The van der Waals surface area contributed by atoms with E-state index in [-0.39, 0.29) is 5.56 Å². The summed E-state index contributed by atoms with van der Waals surface area (Å²) < 4.78 is 0. The van der Waals surface area contributed by atoms with E-state index in [2.05, 4.69) is 33.1 Å². The van der Waals surface area contributed by atoms with Crippen molar-refractivity contribution in [3.05, 3.63) is 39.5 Å². The number of allylic oxidation sites excluding steroid dienone is 2. The van der Waals surface area contributed by atoms with Crippen molar-refractivity contribution in [2.75, 3.05) is 33.2 Å². The predicted octanol–water partition coefficient (Wildman–Crippen LogP) is 1.48. The van der Waals surface area contributed by atoms with Crippen molar-refractivity contribution < 1.29 is 0 Å². The molecule has 0 spiro atoms. The lowest BCUT2D eigenvalue weighted by molar-refractivity contribution is 0.179. The van der Waals surface area contributed by atoms with Gasteiger partial charge in [0, 0.05) is 43.9 Å². The van der Waals surface area contributed by atoms with Gasteiger partial charge >= 0.3 is 0 Å². The highest BCUT2D eigenvalue weighted by Crippen LogP contribution is 2.33. The Morgan fingerprint density at radius 3 is 2.67 bits per heavy atom. The molecule has 1 atom stereocenters. The highest BCUT2D eigenvalue weighted by atomic mass is 16.1. The Labute approximate surface area is 125 Å². The molecule has 5 nitrogen and oxygen atoms in total. The van der Waals surface area contributed by atoms with Gasteiger partial charge in [-0.15, -0.1) is 0 Å². The summed E-state index contributed by atoms with van der Waals surface area (Å²) in [6.45, 7) is 6.58. The largest absolute Gasteiger partial charge is 0.373 e. The van der Waals surface area contributed by atoms with Crippen LogP contribution in [0, 0.1) is 6.92 Å². The Morgan fingerprint density at radius 1 is 1.29 bits per heavy atom. The lowest BCUT2D eigenvalue weighted by atomic mass is 9.87. The van der Waals surface area contributed by atoms with Crippen LogP contribution in [0.4, 0.5) is 0 Å². The van der Waals surface area contributed by atoms with Gasteiger partial charge in [-0.3, -0.25) is 4.79 Å². The number of rotatable bonds is 2. The van der Waals surface area contributed by atoms with E-state index < -0.39 is 0 Å². The number of aromatic nitrogens is 2. The van der Waals surface area contributed by atoms with Crippen molar-refractivity contribution in [3.8, 4) is 0 Å². The molecule has 0 bridgehead atoms. The number of nitrogens with one attached hydrogen (secondary N) is 1. The maximum atomic E-state index is 11.3. The third kappa shape index (κ3) is 3.18. The van der Waals surface area contributed by atoms with Gasteiger partial charge in [0.05, 0.1) is 5.69 Å². The highest BCUT2D eigenvalue weighted by Gasteiger charge is 2.23. The first-order valence-electron chi connectivity index (χ1n) is 7.82. The van der Waals surface area contributed by atoms with Gasteiger partial charge in [-0.25, -0.2) is 5.10 Å². The number of hydrogen-bond acceptors (Lipinski definition) is 4. The van der Waals surface area contributed by atoms with Gasteiger partial charge in [-0.2, -0.15) is 5.10 Å². The molecule has 1 saturated heterocycles. The van der Waals surface area contributed by atoms with E-state index >= 15 is 0 Å². The van der Waals surface area contributed by atoms with Crippen LogP contribution in [-0.4, -0.2) is 53.2 Å². The van der Waals surface area contributed by atoms with Crippen LogP contribution in [-0.2, 0) is 0 Å². The van der Waals surface area contributed by atoms with Crippen molar-refractivity contribution >= 4 is 0 Å². The van der Waals surface area contributed by atoms with Crippen molar-refractivity contribution in [1.82, 2.24) is 20.0 Å². The van der Waals surface area contributed by atoms with Crippen LogP contribution in [0.5, 0.6) is 0 Å². The van der Waals surface area contributed by atoms with Crippen molar-refractivity contribution in [1.29, 1.82) is 0 Å². The monoisotopic (exact) mass is 288 g/mol. The summed E-state index contributed by atoms with van der Waals surface area (Å²) in [7, 11) is 2.19. The second-order valence-corrected chi connectivity index (χ2v) is 6.26. The molecule has 0 aromatic carbocycles. The van der Waals surface area contributed by atoms with E-state index in [0.717, 1.165) is 56.7 Å². The molecule has 1 aliphatic heterocycles. The fourth-order valence-corrected chi connectivity index (χ4v) is 3.37. The Balaban J connectivity index is 1.67. The zero-order valence-corrected chi connectivity index (χ0v) is 12.9. The zero-order valence-electron chi connectivity index (χ0n) is 12.9. The van der Waals surface area contributed by atoms with Crippen LogP contribution in [0.25, 0.3) is 0 Å². The fraction of sp³-hybridized carbons (Fsp3) is 0.625. The zero-order chi connectivity index (χ0) is 14.8. The summed E-state index contributed by atoms with van der Waals surface area (Å²) in [5.74, 6) is 0.443. The maximum absolute atomic E-state index is 11.3. The third-order valence-corrected chi connectivity index (χ3v) is 4.72. The lowest BCUT2D eigenvalue weighted by Gasteiger charge is -2.37. The minimum Gasteiger partial charge on any atom is -0.373 e. The van der Waals surface area contributed by atoms with Gasteiger partial charge < -0.3 is 9.80 Å². The normalized spacial score (nSPS) is 24.0. The Hall–Kier alpha value is -1.62. The lowest BCUT2D eigenvalue weighted by Crippen LogP contribution is -2.44. The summed E-state index contributed by atoms with van der Waals surface area (Å²) in [5.41, 5.74) is 3.46. The number of H-pyrrole nitrogens is 1. The maximum Gasteiger partial charge on any atom is 0.264 e. The van der Waals surface area contributed by atoms with Crippen LogP contribution in [0.2, 0.25) is 0 Å². The van der Waals surface area contributed by atoms with E-state index in [1.165, 1.54) is 5.70 Å². The van der Waals surface area contributed by atoms with Gasteiger partial charge in [0.25, 0.3) is 5.56 Å². The van der Waals surface area contributed by atoms with E-state index in [1.807, 2.05) is 6.92 Å². The quantitative estimate of drug-likeness (QED) is 0.895. The topological polar surface area (TPSA) is 52.2 Å². The molecule has 1 aromatic rings. The molecule has 1 fully saturated rings. The number of hydrogen-bond donors (Lipinski definition) is 1. The average molecular weight is 288 g/mol. The first kappa shape index (κ1) is 14.3. The molecule has 0 amide bonds. The van der Waals surface area contributed by atoms with Crippen molar-refractivity contribution in [2.24, 2.45) is 0 Å². The smallest absolute Gasteiger partial charge is 0.264 e. The van der Waals surface area contributed by atoms with E-state index in [0.29, 0.717) is 5.92 Å². The second-order valence-electron chi connectivity index (χ2n) is 6.26. The van der Waals surface area contributed by atoms with Crippen LogP contribution in [0.15, 0.2) is 22.6 Å². The first-order chi connectivity index (χ1) is 10.1. The minimum absolute atomic E-state index is 0.110. The van der Waals surface area contributed by atoms with Crippen LogP contribution >= 0.6 is 0 Å². The molecule has 2 heterocycles. The SMILES string of the molecule is Cc1cc(=O)[nH]nc1C1CC=C(N2CCN(C)CC2)CC1. The molecular weight excluding hydrogens is 264 g/mol. The predicted molar refractivity (Wildman–Crippen MR) is 83.3 cm³/mol. The number of aromatic amines is 1. The van der Waals surface area contributed by atoms with Gasteiger partial charge in [-0.1, -0.05) is 6.08 Å². The number of likely N-dealkylation sites (N-methyl/N-ethyl adjacent to an activating group) is 1. The summed E-state index contributed by atoms with van der Waals surface area (Å²) in [6, 6.07) is 1.65. The minimum atomic E-state index is -0.110. The van der Waals surface area contributed by atoms with Crippen LogP contribution in [0.1, 0.15) is 36.4 Å². The molecule has 1 unspecified atom stereocenters. The molecule has 1 aliphatic carbocycles. The average Bonchev–Trinajstić information content (AvgIpc) is 2.48. The van der Waals surface area contributed by atoms with E-state index in [9.17, 15) is 4.79 Å². The van der Waals surface area contributed by atoms with Gasteiger partial charge in [-0.05, 0) is 38.8 Å². The first-order valence-corrected chi connectivity index (χ1v) is 7.82. The van der Waals surface area contributed by atoms with Gasteiger partial charge in [0.1, 0.15) is 0 Å². The highest BCUT2D eigenvalue weighted by molar-refractivity contribution is 5.23. The molecule has 1 aromatic heterocycles. The summed E-state index contributed by atoms with van der Waals surface area (Å²) in [5, 5.41) is 6.84. The van der Waals surface area contributed by atoms with Gasteiger partial charge in [0.2, 0.25) is 0 Å². The fourth-order valence-electron chi connectivity index (χ4n) is 3.37. The summed E-state index contributed by atoms with van der Waals surface area (Å²) in [4.78, 5) is 16.2. The van der Waals surface area contributed by atoms with Gasteiger partial charge in [0.15, 0.2) is 0 Å². The van der Waals surface area contributed by atoms with Crippen LogP contribution in [0.3, 0.4) is 0 Å². The molecular formula is C16H24N4O. The van der Waals surface area contributed by atoms with Crippen LogP contribution < -0.4 is 5.56 Å². The third-order valence-electron chi connectivity index (χ3n) is 4.72. The number of nitrogens with zero attached hydrogens (tertiary/aromatic N) is 3. The van der Waals surface area contributed by atoms with E-state index in [4.69, 9.17) is 0 Å². The van der Waals surface area contributed by atoms with Crippen molar-refractivity contribution in [2.45, 2.75) is 32.1 Å². The second kappa shape index (κ2) is 6.02. The Morgan fingerprint density at radius 2 is 2.05 bits per heavy atom. The molecule has 3 rings (SSSR count).